The fraction of sp³-hybridized carbons (Fsp3) is 0.417. The quantitative estimate of drug-likeness (QED) is 0.643. The molecule has 4 nitrogen and oxygen atoms in total. The molecule has 84 valence electrons. The first-order valence-corrected chi connectivity index (χ1v) is 5.71. The van der Waals surface area contributed by atoms with Crippen LogP contribution in [0.5, 0.6) is 0 Å². The largest absolute Gasteiger partial charge is 0.324 e. The molecule has 1 aromatic heterocycles. The van der Waals surface area contributed by atoms with Gasteiger partial charge in [-0.3, -0.25) is 14.6 Å². The molecule has 0 aromatic carbocycles. The number of ketones is 1. The van der Waals surface area contributed by atoms with E-state index in [9.17, 15) is 9.59 Å². The number of rotatable bonds is 0. The summed E-state index contributed by atoms with van der Waals surface area (Å²) in [5, 5.41) is 2.82. The van der Waals surface area contributed by atoms with Crippen molar-refractivity contribution in [3.63, 3.8) is 0 Å². The number of carbonyl (C=O) groups is 2. The van der Waals surface area contributed by atoms with Crippen LogP contribution in [0, 0.1) is 0 Å². The molecule has 0 saturated heterocycles. The summed E-state index contributed by atoms with van der Waals surface area (Å²) in [6, 6.07) is 1.73. The lowest BCUT2D eigenvalue weighted by molar-refractivity contribution is -0.126. The number of aromatic nitrogens is 1. The molecule has 1 amide bonds. The number of carbonyl (C=O) groups excluding carboxylic acids is 2. The van der Waals surface area contributed by atoms with Gasteiger partial charge in [-0.1, -0.05) is 5.46 Å². The minimum absolute atomic E-state index is 0.0434. The van der Waals surface area contributed by atoms with Crippen molar-refractivity contribution in [1.29, 1.82) is 0 Å². The van der Waals surface area contributed by atoms with Gasteiger partial charge < -0.3 is 5.32 Å². The summed E-state index contributed by atoms with van der Waals surface area (Å²) in [5.41, 5.74) is 1.39. The molecule has 0 atom stereocenters. The summed E-state index contributed by atoms with van der Waals surface area (Å²) in [7, 11) is 5.65. The van der Waals surface area contributed by atoms with E-state index < -0.39 is 5.41 Å². The summed E-state index contributed by atoms with van der Waals surface area (Å²) < 4.78 is 0. The van der Waals surface area contributed by atoms with Gasteiger partial charge in [0.1, 0.15) is 13.6 Å². The van der Waals surface area contributed by atoms with Gasteiger partial charge in [0, 0.05) is 19.0 Å². The first-order valence-electron chi connectivity index (χ1n) is 5.71. The highest BCUT2D eigenvalue weighted by Gasteiger charge is 2.49. The molecule has 1 aromatic rings. The highest BCUT2D eigenvalue weighted by molar-refractivity contribution is 6.32. The second kappa shape index (κ2) is 3.42. The fourth-order valence-corrected chi connectivity index (χ4v) is 2.73. The Morgan fingerprint density at radius 3 is 2.71 bits per heavy atom. The van der Waals surface area contributed by atoms with E-state index in [1.165, 1.54) is 0 Å². The van der Waals surface area contributed by atoms with Crippen LogP contribution in [0.4, 0.5) is 5.69 Å². The molecule has 2 aliphatic rings. The zero-order valence-electron chi connectivity index (χ0n) is 9.32. The first kappa shape index (κ1) is 10.5. The third-order valence-electron chi connectivity index (χ3n) is 3.71. The molecule has 0 unspecified atom stereocenters. The predicted molar refractivity (Wildman–Crippen MR) is 63.4 cm³/mol. The SMILES string of the molecule is [B]c1cnc2c(c1)NC(=O)C21CCC(=O)CC1. The summed E-state index contributed by atoms with van der Waals surface area (Å²) in [6.45, 7) is 0. The Bertz CT molecular complexity index is 517. The third-order valence-corrected chi connectivity index (χ3v) is 3.71. The number of hydrogen-bond acceptors (Lipinski definition) is 3. The van der Waals surface area contributed by atoms with Gasteiger partial charge in [-0.15, -0.1) is 0 Å². The van der Waals surface area contributed by atoms with Crippen molar-refractivity contribution in [2.45, 2.75) is 31.1 Å². The number of nitrogens with one attached hydrogen (secondary N) is 1. The number of hydrogen-bond donors (Lipinski definition) is 1. The van der Waals surface area contributed by atoms with Crippen LogP contribution < -0.4 is 10.8 Å². The van der Waals surface area contributed by atoms with Crippen LogP contribution >= 0.6 is 0 Å². The minimum atomic E-state index is -0.600. The van der Waals surface area contributed by atoms with Gasteiger partial charge in [-0.25, -0.2) is 0 Å². The Morgan fingerprint density at radius 2 is 2.00 bits per heavy atom. The second-order valence-electron chi connectivity index (χ2n) is 4.74. The van der Waals surface area contributed by atoms with Crippen molar-refractivity contribution in [2.24, 2.45) is 0 Å². The maximum atomic E-state index is 12.1. The molecule has 5 heteroatoms. The van der Waals surface area contributed by atoms with E-state index in [4.69, 9.17) is 7.85 Å². The molecular formula is C12H11BN2O2. The molecular weight excluding hydrogens is 215 g/mol. The Kier molecular flexibility index (Phi) is 2.11. The zero-order valence-corrected chi connectivity index (χ0v) is 9.32. The Balaban J connectivity index is 2.07. The van der Waals surface area contributed by atoms with Crippen LogP contribution in [0.1, 0.15) is 31.4 Å². The van der Waals surface area contributed by atoms with E-state index in [1.807, 2.05) is 0 Å². The minimum Gasteiger partial charge on any atom is -0.324 e. The maximum absolute atomic E-state index is 12.1. The normalized spacial score (nSPS) is 21.4. The summed E-state index contributed by atoms with van der Waals surface area (Å²) in [5.74, 6) is 0.186. The maximum Gasteiger partial charge on any atom is 0.236 e. The Hall–Kier alpha value is -1.65. The number of fused-ring (bicyclic) bond motifs is 2. The number of anilines is 1. The van der Waals surface area contributed by atoms with Gasteiger partial charge in [0.2, 0.25) is 5.91 Å². The van der Waals surface area contributed by atoms with Gasteiger partial charge in [-0.2, -0.15) is 0 Å². The smallest absolute Gasteiger partial charge is 0.236 e. The molecule has 2 heterocycles. The number of Topliss-reactive ketones (excluding diaryl/α,β-unsaturated/α-hetero) is 1. The highest BCUT2D eigenvalue weighted by atomic mass is 16.2. The van der Waals surface area contributed by atoms with Gasteiger partial charge in [0.05, 0.1) is 16.8 Å². The average molecular weight is 226 g/mol. The summed E-state index contributed by atoms with van der Waals surface area (Å²) in [4.78, 5) is 27.7. The molecule has 3 rings (SSSR count). The van der Waals surface area contributed by atoms with Gasteiger partial charge in [-0.05, 0) is 18.9 Å². The molecule has 1 fully saturated rings. The average Bonchev–Trinajstić information content (AvgIpc) is 2.55. The number of pyridine rings is 1. The van der Waals surface area contributed by atoms with E-state index >= 15 is 0 Å². The lowest BCUT2D eigenvalue weighted by Gasteiger charge is -2.29. The molecule has 0 bridgehead atoms. The van der Waals surface area contributed by atoms with Gasteiger partial charge >= 0.3 is 0 Å². The lowest BCUT2D eigenvalue weighted by Crippen LogP contribution is -2.39. The van der Waals surface area contributed by atoms with Crippen LogP contribution in [0.15, 0.2) is 12.3 Å². The van der Waals surface area contributed by atoms with Gasteiger partial charge in [0.15, 0.2) is 0 Å². The fourth-order valence-electron chi connectivity index (χ4n) is 2.73. The number of amides is 1. The molecule has 1 aliphatic heterocycles. The van der Waals surface area contributed by atoms with E-state index in [0.717, 1.165) is 5.69 Å². The summed E-state index contributed by atoms with van der Waals surface area (Å²) >= 11 is 0. The van der Waals surface area contributed by atoms with Crippen molar-refractivity contribution in [1.82, 2.24) is 4.98 Å². The van der Waals surface area contributed by atoms with Crippen molar-refractivity contribution < 1.29 is 9.59 Å². The van der Waals surface area contributed by atoms with Crippen molar-refractivity contribution in [3.8, 4) is 0 Å². The first-order chi connectivity index (χ1) is 8.12. The lowest BCUT2D eigenvalue weighted by atomic mass is 9.71. The van der Waals surface area contributed by atoms with Crippen molar-refractivity contribution >= 4 is 30.7 Å². The molecule has 1 N–H and O–H groups in total. The monoisotopic (exact) mass is 226 g/mol. The van der Waals surface area contributed by atoms with Crippen LogP contribution in [0.2, 0.25) is 0 Å². The molecule has 17 heavy (non-hydrogen) atoms. The predicted octanol–water partition coefficient (Wildman–Crippen LogP) is 0.208. The molecule has 1 saturated carbocycles. The second-order valence-corrected chi connectivity index (χ2v) is 4.74. The standard InChI is InChI=1S/C12H11BN2O2/c13-7-5-9-10(14-6-7)12(11(17)15-9)3-1-8(16)2-4-12/h5-6H,1-4H2,(H,15,17). The Morgan fingerprint density at radius 1 is 1.29 bits per heavy atom. The topological polar surface area (TPSA) is 59.1 Å². The van der Waals surface area contributed by atoms with E-state index in [-0.39, 0.29) is 11.7 Å². The highest BCUT2D eigenvalue weighted by Crippen LogP contribution is 2.45. The molecule has 2 radical (unpaired) electrons. The van der Waals surface area contributed by atoms with Crippen LogP contribution in [-0.2, 0) is 15.0 Å². The third kappa shape index (κ3) is 1.41. The van der Waals surface area contributed by atoms with Crippen molar-refractivity contribution in [2.75, 3.05) is 5.32 Å². The van der Waals surface area contributed by atoms with Crippen molar-refractivity contribution in [3.05, 3.63) is 18.0 Å². The van der Waals surface area contributed by atoms with Crippen LogP contribution in [0.25, 0.3) is 0 Å². The zero-order chi connectivity index (χ0) is 12.0. The van der Waals surface area contributed by atoms with E-state index in [0.29, 0.717) is 36.8 Å². The van der Waals surface area contributed by atoms with E-state index in [1.54, 1.807) is 12.3 Å². The van der Waals surface area contributed by atoms with Crippen LogP contribution in [0.3, 0.4) is 0 Å². The Labute approximate surface area is 100 Å². The van der Waals surface area contributed by atoms with E-state index in [2.05, 4.69) is 10.3 Å². The molecule has 1 spiro atoms. The van der Waals surface area contributed by atoms with Gasteiger partial charge in [0.25, 0.3) is 0 Å². The molecule has 1 aliphatic carbocycles. The number of nitrogens with zero attached hydrogens (tertiary/aromatic N) is 1. The van der Waals surface area contributed by atoms with Crippen LogP contribution in [-0.4, -0.2) is 24.5 Å². The summed E-state index contributed by atoms with van der Waals surface area (Å²) in [6.07, 6.45) is 3.60.